The normalized spacial score (nSPS) is 14.4. The van der Waals surface area contributed by atoms with E-state index >= 15 is 0 Å². The van der Waals surface area contributed by atoms with E-state index in [0.29, 0.717) is 5.56 Å². The maximum atomic E-state index is 14.2. The maximum Gasteiger partial charge on any atom is 0.276 e. The fourth-order valence-corrected chi connectivity index (χ4v) is 4.43. The van der Waals surface area contributed by atoms with Crippen LogP contribution in [-0.4, -0.2) is 32.8 Å². The second-order valence-corrected chi connectivity index (χ2v) is 9.39. The first-order valence-corrected chi connectivity index (χ1v) is 12.1. The molecular weight excluding hydrogens is 441 g/mol. The zero-order chi connectivity index (χ0) is 23.3. The van der Waals surface area contributed by atoms with Gasteiger partial charge in [-0.15, -0.1) is 0 Å². The van der Waals surface area contributed by atoms with Gasteiger partial charge >= 0.3 is 0 Å². The third-order valence-electron chi connectivity index (χ3n) is 5.38. The van der Waals surface area contributed by atoms with Crippen molar-refractivity contribution in [3.63, 3.8) is 0 Å². The van der Waals surface area contributed by atoms with Crippen LogP contribution in [0.2, 0.25) is 0 Å². The lowest BCUT2D eigenvalue weighted by molar-refractivity contribution is 0.431. The van der Waals surface area contributed by atoms with E-state index < -0.39 is 21.6 Å². The molecule has 6 nitrogen and oxygen atoms in total. The van der Waals surface area contributed by atoms with Gasteiger partial charge in [0.2, 0.25) is 0 Å². The molecule has 1 heterocycles. The summed E-state index contributed by atoms with van der Waals surface area (Å²) in [5.74, 6) is -1.43. The van der Waals surface area contributed by atoms with Crippen molar-refractivity contribution in [3.8, 4) is 5.75 Å². The number of hydrazone groups is 1. The Labute approximate surface area is 192 Å². The van der Waals surface area contributed by atoms with Gasteiger partial charge < -0.3 is 10.0 Å². The van der Waals surface area contributed by atoms with Crippen LogP contribution in [0.4, 0.5) is 10.1 Å². The minimum atomic E-state index is -3.86. The third-order valence-corrected chi connectivity index (χ3v) is 6.62. The number of phenols is 1. The number of hydrogen-bond donors (Lipinski definition) is 2. The number of nitrogens with zero attached hydrogens (tertiary/aromatic N) is 2. The van der Waals surface area contributed by atoms with E-state index in [2.05, 4.69) is 27.0 Å². The summed E-state index contributed by atoms with van der Waals surface area (Å²) in [7, 11) is -3.86. The van der Waals surface area contributed by atoms with Crippen molar-refractivity contribution in [2.24, 2.45) is 5.10 Å². The fourth-order valence-electron chi connectivity index (χ4n) is 3.62. The number of phenolic OH excluding ortho intramolecular Hbond substituents is 1. The summed E-state index contributed by atoms with van der Waals surface area (Å²) < 4.78 is 38.7. The Morgan fingerprint density at radius 1 is 0.939 bits per heavy atom. The van der Waals surface area contributed by atoms with Crippen LogP contribution < -0.4 is 9.73 Å². The summed E-state index contributed by atoms with van der Waals surface area (Å²) in [4.78, 5) is 4.46. The minimum absolute atomic E-state index is 0.0463. The highest BCUT2D eigenvalue weighted by Gasteiger charge is 2.13. The lowest BCUT2D eigenvalue weighted by atomic mass is 10.1. The van der Waals surface area contributed by atoms with Gasteiger partial charge in [0, 0.05) is 24.3 Å². The van der Waals surface area contributed by atoms with Crippen molar-refractivity contribution in [3.05, 3.63) is 89.2 Å². The van der Waals surface area contributed by atoms with Crippen molar-refractivity contribution < 1.29 is 17.9 Å². The summed E-state index contributed by atoms with van der Waals surface area (Å²) in [6.45, 7) is 2.15. The Morgan fingerprint density at radius 3 is 2.30 bits per heavy atom. The van der Waals surface area contributed by atoms with Gasteiger partial charge in [-0.05, 0) is 60.4 Å². The van der Waals surface area contributed by atoms with Crippen LogP contribution in [-0.2, 0) is 10.0 Å². The zero-order valence-electron chi connectivity index (χ0n) is 17.9. The Balaban J connectivity index is 1.48. The van der Waals surface area contributed by atoms with Gasteiger partial charge in [-0.25, -0.2) is 9.22 Å². The molecule has 1 saturated heterocycles. The molecule has 0 atom stereocenters. The lowest BCUT2D eigenvalue weighted by Crippen LogP contribution is -2.18. The Hall–Kier alpha value is -3.65. The molecule has 4 rings (SSSR count). The van der Waals surface area contributed by atoms with Crippen molar-refractivity contribution in [1.29, 1.82) is 0 Å². The Bertz CT molecular complexity index is 1270. The highest BCUT2D eigenvalue weighted by Crippen LogP contribution is 2.24. The topological polar surface area (TPSA) is 82.0 Å². The lowest BCUT2D eigenvalue weighted by Gasteiger charge is -2.17. The van der Waals surface area contributed by atoms with Crippen LogP contribution in [0.3, 0.4) is 0 Å². The maximum absolute atomic E-state index is 14.2. The molecule has 33 heavy (non-hydrogen) atoms. The molecular formula is C25H24FN3O3S. The van der Waals surface area contributed by atoms with Crippen LogP contribution in [0.1, 0.15) is 29.5 Å². The van der Waals surface area contributed by atoms with Gasteiger partial charge in [-0.3, -0.25) is 0 Å². The quantitative estimate of drug-likeness (QED) is 0.303. The van der Waals surface area contributed by atoms with Gasteiger partial charge in [0.15, 0.2) is 11.6 Å². The largest absolute Gasteiger partial charge is 0.504 e. The van der Waals surface area contributed by atoms with E-state index in [1.807, 2.05) is 18.2 Å². The molecule has 0 aromatic heterocycles. The molecule has 0 spiro atoms. The number of aromatic hydroxyl groups is 1. The second-order valence-electron chi connectivity index (χ2n) is 7.73. The van der Waals surface area contributed by atoms with E-state index in [0.717, 1.165) is 24.9 Å². The van der Waals surface area contributed by atoms with E-state index in [1.165, 1.54) is 42.8 Å². The van der Waals surface area contributed by atoms with Gasteiger partial charge in [0.1, 0.15) is 0 Å². The summed E-state index contributed by atoms with van der Waals surface area (Å²) in [6, 6.07) is 18.6. The average Bonchev–Trinajstić information content (AvgIpc) is 3.36. The van der Waals surface area contributed by atoms with E-state index in [-0.39, 0.29) is 10.5 Å². The first-order valence-electron chi connectivity index (χ1n) is 10.6. The molecule has 0 saturated carbocycles. The minimum Gasteiger partial charge on any atom is -0.504 e. The van der Waals surface area contributed by atoms with Crippen LogP contribution >= 0.6 is 0 Å². The predicted molar refractivity (Wildman–Crippen MR) is 129 cm³/mol. The van der Waals surface area contributed by atoms with Crippen molar-refractivity contribution in [2.45, 2.75) is 17.7 Å². The molecule has 1 fully saturated rings. The van der Waals surface area contributed by atoms with Crippen LogP contribution in [0, 0.1) is 5.82 Å². The first kappa shape index (κ1) is 22.5. The van der Waals surface area contributed by atoms with Gasteiger partial charge in [0.05, 0.1) is 11.1 Å². The number of hydrogen-bond acceptors (Lipinski definition) is 5. The van der Waals surface area contributed by atoms with Crippen molar-refractivity contribution >= 4 is 34.1 Å². The smallest absolute Gasteiger partial charge is 0.276 e. The van der Waals surface area contributed by atoms with Crippen molar-refractivity contribution in [2.75, 3.05) is 18.0 Å². The summed E-state index contributed by atoms with van der Waals surface area (Å²) >= 11 is 0. The van der Waals surface area contributed by atoms with E-state index in [9.17, 15) is 17.9 Å². The molecule has 0 aliphatic carbocycles. The van der Waals surface area contributed by atoms with E-state index in [1.54, 1.807) is 24.3 Å². The van der Waals surface area contributed by atoms with Gasteiger partial charge in [-0.1, -0.05) is 42.5 Å². The molecule has 0 unspecified atom stereocenters. The van der Waals surface area contributed by atoms with Crippen LogP contribution in [0.15, 0.2) is 76.7 Å². The zero-order valence-corrected chi connectivity index (χ0v) is 18.7. The molecule has 8 heteroatoms. The highest BCUT2D eigenvalue weighted by atomic mass is 32.2. The Morgan fingerprint density at radius 2 is 1.61 bits per heavy atom. The van der Waals surface area contributed by atoms with Crippen molar-refractivity contribution in [1.82, 2.24) is 4.83 Å². The van der Waals surface area contributed by atoms with Crippen LogP contribution in [0.25, 0.3) is 12.2 Å². The molecule has 0 amide bonds. The number of sulfonamides is 1. The van der Waals surface area contributed by atoms with Crippen LogP contribution in [0.5, 0.6) is 5.75 Å². The molecule has 3 aromatic rings. The average molecular weight is 466 g/mol. The molecule has 2 N–H and O–H groups in total. The number of nitrogens with one attached hydrogen (secondary N) is 1. The SMILES string of the molecule is O=S(=O)(N/N=C/c1cc(/C=C/c2ccc(N3CCCC3)cc2)cc(F)c1O)c1ccccc1. The van der Waals surface area contributed by atoms with Gasteiger partial charge in [-0.2, -0.15) is 13.5 Å². The Kier molecular flexibility index (Phi) is 6.74. The standard InChI is InChI=1S/C25H24FN3O3S/c26-24-17-20(9-8-19-10-12-22(13-11-19)29-14-4-5-15-29)16-21(25(24)30)18-27-28-33(31,32)23-6-2-1-3-7-23/h1-3,6-13,16-18,28,30H,4-5,14-15H2/b9-8+,27-18+. The molecule has 3 aromatic carbocycles. The summed E-state index contributed by atoms with van der Waals surface area (Å²) in [5, 5.41) is 13.7. The molecule has 0 radical (unpaired) electrons. The van der Waals surface area contributed by atoms with E-state index in [4.69, 9.17) is 0 Å². The monoisotopic (exact) mass is 465 g/mol. The molecule has 0 bridgehead atoms. The number of benzene rings is 3. The third kappa shape index (κ3) is 5.59. The molecule has 1 aliphatic rings. The van der Waals surface area contributed by atoms with Gasteiger partial charge in [0.25, 0.3) is 10.0 Å². The fraction of sp³-hybridized carbons (Fsp3) is 0.160. The summed E-state index contributed by atoms with van der Waals surface area (Å²) in [5.41, 5.74) is 2.70. The predicted octanol–water partition coefficient (Wildman–Crippen LogP) is 4.61. The highest BCUT2D eigenvalue weighted by molar-refractivity contribution is 7.89. The second kappa shape index (κ2) is 9.87. The first-order chi connectivity index (χ1) is 15.9. The number of halogens is 1. The number of anilines is 1. The molecule has 170 valence electrons. The number of rotatable bonds is 7. The summed E-state index contributed by atoms with van der Waals surface area (Å²) in [6.07, 6.45) is 7.07. The molecule has 1 aliphatic heterocycles.